The smallest absolute Gasteiger partial charge is 0.278 e. The summed E-state index contributed by atoms with van der Waals surface area (Å²) in [6.07, 6.45) is 0.560. The van der Waals surface area contributed by atoms with Crippen LogP contribution in [0, 0.1) is 5.82 Å². The largest absolute Gasteiger partial charge is 0.339 e. The maximum Gasteiger partial charge on any atom is 0.278 e. The molecule has 1 aliphatic heterocycles. The van der Waals surface area contributed by atoms with E-state index in [2.05, 4.69) is 10.3 Å². The molecule has 2 heterocycles. The number of fused-ring (bicyclic) bond motifs is 1. The first kappa shape index (κ1) is 19.7. The Morgan fingerprint density at radius 1 is 0.933 bits per heavy atom. The highest BCUT2D eigenvalue weighted by Gasteiger charge is 2.24. The number of hydrogen-bond acceptors (Lipinski definition) is 5. The average molecular weight is 409 g/mol. The van der Waals surface area contributed by atoms with Gasteiger partial charge in [-0.1, -0.05) is 29.5 Å². The van der Waals surface area contributed by atoms with Gasteiger partial charge in [-0.05, 0) is 30.7 Å². The van der Waals surface area contributed by atoms with Crippen LogP contribution in [0.5, 0.6) is 0 Å². The molecular formula is C21H20FN5O3. The maximum absolute atomic E-state index is 13.9. The third-order valence-corrected chi connectivity index (χ3v) is 5.15. The van der Waals surface area contributed by atoms with E-state index in [4.69, 9.17) is 0 Å². The molecule has 154 valence electrons. The van der Waals surface area contributed by atoms with E-state index in [0.717, 1.165) is 4.68 Å². The molecule has 2 amide bonds. The van der Waals surface area contributed by atoms with E-state index in [9.17, 15) is 18.8 Å². The van der Waals surface area contributed by atoms with Crippen LogP contribution in [-0.4, -0.2) is 62.8 Å². The molecule has 8 nitrogen and oxygen atoms in total. The number of benzene rings is 2. The van der Waals surface area contributed by atoms with Crippen molar-refractivity contribution < 1.29 is 14.0 Å². The number of aromatic nitrogens is 3. The topological polar surface area (TPSA) is 88.4 Å². The van der Waals surface area contributed by atoms with E-state index >= 15 is 0 Å². The average Bonchev–Trinajstić information content (AvgIpc) is 3.02. The minimum Gasteiger partial charge on any atom is -0.339 e. The van der Waals surface area contributed by atoms with E-state index < -0.39 is 5.82 Å². The fraction of sp³-hybridized carbons (Fsp3) is 0.286. The van der Waals surface area contributed by atoms with Crippen molar-refractivity contribution >= 4 is 22.7 Å². The molecule has 9 heteroatoms. The normalized spacial score (nSPS) is 14.6. The molecule has 0 N–H and O–H groups in total. The third kappa shape index (κ3) is 3.91. The first-order chi connectivity index (χ1) is 14.5. The molecular weight excluding hydrogens is 389 g/mol. The van der Waals surface area contributed by atoms with Gasteiger partial charge in [0.25, 0.3) is 11.5 Å². The van der Waals surface area contributed by atoms with Crippen LogP contribution in [0.1, 0.15) is 16.8 Å². The predicted octanol–water partition coefficient (Wildman–Crippen LogP) is 1.31. The van der Waals surface area contributed by atoms with Crippen molar-refractivity contribution in [1.82, 2.24) is 24.8 Å². The van der Waals surface area contributed by atoms with Crippen molar-refractivity contribution in [2.24, 2.45) is 0 Å². The van der Waals surface area contributed by atoms with Crippen LogP contribution in [0.15, 0.2) is 53.3 Å². The number of nitrogens with zero attached hydrogens (tertiary/aromatic N) is 5. The van der Waals surface area contributed by atoms with Crippen LogP contribution < -0.4 is 5.56 Å². The highest BCUT2D eigenvalue weighted by atomic mass is 19.1. The van der Waals surface area contributed by atoms with Crippen molar-refractivity contribution in [3.8, 4) is 0 Å². The number of rotatable bonds is 3. The van der Waals surface area contributed by atoms with E-state index in [1.807, 2.05) is 0 Å². The van der Waals surface area contributed by atoms with Crippen molar-refractivity contribution in [3.05, 3.63) is 70.3 Å². The van der Waals surface area contributed by atoms with E-state index in [1.54, 1.807) is 40.1 Å². The van der Waals surface area contributed by atoms with Gasteiger partial charge in [-0.3, -0.25) is 14.4 Å². The summed E-state index contributed by atoms with van der Waals surface area (Å²) in [6, 6.07) is 12.7. The van der Waals surface area contributed by atoms with Gasteiger partial charge in [-0.25, -0.2) is 9.07 Å². The lowest BCUT2D eigenvalue weighted by Crippen LogP contribution is -2.40. The summed E-state index contributed by atoms with van der Waals surface area (Å²) in [5, 5.41) is 8.25. The number of carbonyl (C=O) groups excluding carboxylic acids is 2. The summed E-state index contributed by atoms with van der Waals surface area (Å²) in [4.78, 5) is 41.1. The molecule has 0 radical (unpaired) electrons. The maximum atomic E-state index is 13.9. The Morgan fingerprint density at radius 2 is 1.63 bits per heavy atom. The van der Waals surface area contributed by atoms with Gasteiger partial charge in [0.2, 0.25) is 5.91 Å². The molecule has 0 aliphatic carbocycles. The summed E-state index contributed by atoms with van der Waals surface area (Å²) in [7, 11) is 0. The molecule has 0 saturated carbocycles. The SMILES string of the molecule is O=C(Cn1nnc2ccccc2c1=O)N1CCCN(C(=O)c2ccccc2F)CC1. The molecule has 1 aromatic heterocycles. The van der Waals surface area contributed by atoms with Crippen molar-refractivity contribution in [2.75, 3.05) is 26.2 Å². The number of hydrogen-bond donors (Lipinski definition) is 0. The van der Waals surface area contributed by atoms with Gasteiger partial charge in [0.1, 0.15) is 17.9 Å². The fourth-order valence-electron chi connectivity index (χ4n) is 3.53. The molecule has 0 bridgehead atoms. The zero-order valence-electron chi connectivity index (χ0n) is 16.2. The lowest BCUT2D eigenvalue weighted by atomic mass is 10.2. The molecule has 3 aromatic rings. The number of amides is 2. The fourth-order valence-corrected chi connectivity index (χ4v) is 3.53. The Balaban J connectivity index is 1.44. The predicted molar refractivity (Wildman–Crippen MR) is 107 cm³/mol. The molecule has 1 fully saturated rings. The Morgan fingerprint density at radius 3 is 2.47 bits per heavy atom. The lowest BCUT2D eigenvalue weighted by molar-refractivity contribution is -0.132. The lowest BCUT2D eigenvalue weighted by Gasteiger charge is -2.22. The van der Waals surface area contributed by atoms with E-state index in [-0.39, 0.29) is 36.0 Å². The minimum atomic E-state index is -0.561. The van der Waals surface area contributed by atoms with Crippen molar-refractivity contribution in [2.45, 2.75) is 13.0 Å². The Labute approximate surface area is 171 Å². The monoisotopic (exact) mass is 409 g/mol. The highest BCUT2D eigenvalue weighted by Crippen LogP contribution is 2.13. The summed E-state index contributed by atoms with van der Waals surface area (Å²) >= 11 is 0. The Hall–Kier alpha value is -3.62. The zero-order chi connectivity index (χ0) is 21.1. The Kier molecular flexibility index (Phi) is 5.51. The highest BCUT2D eigenvalue weighted by molar-refractivity contribution is 5.94. The van der Waals surface area contributed by atoms with Gasteiger partial charge >= 0.3 is 0 Å². The van der Waals surface area contributed by atoms with E-state index in [1.165, 1.54) is 18.2 Å². The van der Waals surface area contributed by atoms with Gasteiger partial charge in [0, 0.05) is 26.2 Å². The molecule has 4 rings (SSSR count). The molecule has 1 aliphatic rings. The Bertz CT molecular complexity index is 1160. The minimum absolute atomic E-state index is 0.0234. The van der Waals surface area contributed by atoms with Crippen LogP contribution in [0.2, 0.25) is 0 Å². The van der Waals surface area contributed by atoms with Gasteiger partial charge in [-0.2, -0.15) is 0 Å². The molecule has 30 heavy (non-hydrogen) atoms. The van der Waals surface area contributed by atoms with Gasteiger partial charge in [-0.15, -0.1) is 5.10 Å². The van der Waals surface area contributed by atoms with Crippen molar-refractivity contribution in [1.29, 1.82) is 0 Å². The summed E-state index contributed by atoms with van der Waals surface area (Å²) in [5.41, 5.74) is 0.124. The van der Waals surface area contributed by atoms with E-state index in [0.29, 0.717) is 37.0 Å². The molecule has 1 saturated heterocycles. The van der Waals surface area contributed by atoms with Gasteiger partial charge in [0.15, 0.2) is 0 Å². The zero-order valence-corrected chi connectivity index (χ0v) is 16.2. The standard InChI is InChI=1S/C21H20FN5O3/c22-17-8-3-1-6-15(17)20(29)26-11-5-10-25(12-13-26)19(28)14-27-21(30)16-7-2-4-9-18(16)23-24-27/h1-4,6-9H,5,10-14H2. The molecule has 0 unspecified atom stereocenters. The molecule has 0 atom stereocenters. The third-order valence-electron chi connectivity index (χ3n) is 5.15. The second-order valence-corrected chi connectivity index (χ2v) is 7.08. The van der Waals surface area contributed by atoms with Crippen LogP contribution in [0.25, 0.3) is 10.9 Å². The second-order valence-electron chi connectivity index (χ2n) is 7.08. The first-order valence-corrected chi connectivity index (χ1v) is 9.69. The quantitative estimate of drug-likeness (QED) is 0.651. The second kappa shape index (κ2) is 8.40. The van der Waals surface area contributed by atoms with Crippen LogP contribution in [-0.2, 0) is 11.3 Å². The molecule has 0 spiro atoms. The van der Waals surface area contributed by atoms with Crippen molar-refractivity contribution in [3.63, 3.8) is 0 Å². The van der Waals surface area contributed by atoms with Gasteiger partial charge in [0.05, 0.1) is 10.9 Å². The summed E-state index contributed by atoms with van der Waals surface area (Å²) in [5.74, 6) is -1.23. The number of halogens is 1. The number of carbonyl (C=O) groups is 2. The first-order valence-electron chi connectivity index (χ1n) is 9.69. The summed E-state index contributed by atoms with van der Waals surface area (Å²) in [6.45, 7) is 1.23. The van der Waals surface area contributed by atoms with Gasteiger partial charge < -0.3 is 9.80 Å². The van der Waals surface area contributed by atoms with Crippen LogP contribution in [0.4, 0.5) is 4.39 Å². The van der Waals surface area contributed by atoms with Crippen LogP contribution in [0.3, 0.4) is 0 Å². The molecule has 2 aromatic carbocycles. The van der Waals surface area contributed by atoms with Crippen LogP contribution >= 0.6 is 0 Å². The summed E-state index contributed by atoms with van der Waals surface area (Å²) < 4.78 is 15.0.